The third-order valence-electron chi connectivity index (χ3n) is 5.04. The molecule has 0 radical (unpaired) electrons. The van der Waals surface area contributed by atoms with E-state index in [-0.39, 0.29) is 29.5 Å². The maximum absolute atomic E-state index is 13.2. The van der Waals surface area contributed by atoms with Crippen LogP contribution >= 0.6 is 12.4 Å². The zero-order valence-electron chi connectivity index (χ0n) is 13.3. The smallest absolute Gasteiger partial charge is 0.262 e. The zero-order chi connectivity index (χ0) is 16.5. The summed E-state index contributed by atoms with van der Waals surface area (Å²) in [6, 6.07) is 5.53. The number of nitrogens with one attached hydrogen (secondary N) is 2. The van der Waals surface area contributed by atoms with Gasteiger partial charge in [-0.25, -0.2) is 13.2 Å². The van der Waals surface area contributed by atoms with Crippen molar-refractivity contribution in [3.63, 3.8) is 0 Å². The summed E-state index contributed by atoms with van der Waals surface area (Å²) in [5.41, 5.74) is 0.784. The Morgan fingerprint density at radius 3 is 2.38 bits per heavy atom. The van der Waals surface area contributed by atoms with Crippen LogP contribution in [0, 0.1) is 5.82 Å². The summed E-state index contributed by atoms with van der Waals surface area (Å²) in [7, 11) is 0. The molecular weight excluding hydrogens is 341 g/mol. The van der Waals surface area contributed by atoms with Crippen molar-refractivity contribution in [1.29, 1.82) is 0 Å². The molecule has 1 aromatic carbocycles. The summed E-state index contributed by atoms with van der Waals surface area (Å²) in [6.07, 6.45) is 3.46. The number of carbonyl (C=O) groups is 1. The van der Waals surface area contributed by atoms with Gasteiger partial charge in [0.25, 0.3) is 5.92 Å². The quantitative estimate of drug-likeness (QED) is 0.863. The Labute approximate surface area is 145 Å². The second-order valence-electron chi connectivity index (χ2n) is 6.71. The molecule has 0 aromatic heterocycles. The third kappa shape index (κ3) is 4.03. The average Bonchev–Trinajstić information content (AvgIpc) is 3.13. The van der Waals surface area contributed by atoms with Gasteiger partial charge in [-0.2, -0.15) is 0 Å². The normalized spacial score (nSPS) is 24.4. The predicted octanol–water partition coefficient (Wildman–Crippen LogP) is 3.17. The summed E-state index contributed by atoms with van der Waals surface area (Å²) in [6.45, 7) is -0.0462. The first-order valence-corrected chi connectivity index (χ1v) is 8.05. The fourth-order valence-electron chi connectivity index (χ4n) is 3.70. The average molecular weight is 363 g/mol. The van der Waals surface area contributed by atoms with Crippen LogP contribution in [-0.2, 0) is 10.2 Å². The van der Waals surface area contributed by atoms with Crippen LogP contribution in [0.25, 0.3) is 0 Å². The lowest BCUT2D eigenvalue weighted by atomic mass is 9.78. The molecule has 3 rings (SSSR count). The van der Waals surface area contributed by atoms with Crippen molar-refractivity contribution in [3.05, 3.63) is 35.6 Å². The molecule has 1 aliphatic heterocycles. The second kappa shape index (κ2) is 7.31. The van der Waals surface area contributed by atoms with Crippen LogP contribution in [0.4, 0.5) is 13.2 Å². The molecule has 3 nitrogen and oxygen atoms in total. The Morgan fingerprint density at radius 2 is 1.83 bits per heavy atom. The van der Waals surface area contributed by atoms with Crippen LogP contribution in [0.2, 0.25) is 0 Å². The van der Waals surface area contributed by atoms with Crippen molar-refractivity contribution in [3.8, 4) is 0 Å². The van der Waals surface area contributed by atoms with Crippen molar-refractivity contribution in [1.82, 2.24) is 10.6 Å². The zero-order valence-corrected chi connectivity index (χ0v) is 14.1. The van der Waals surface area contributed by atoms with Crippen LogP contribution < -0.4 is 10.6 Å². The number of rotatable bonds is 4. The summed E-state index contributed by atoms with van der Waals surface area (Å²) in [5, 5.41) is 5.40. The van der Waals surface area contributed by atoms with Gasteiger partial charge in [0.2, 0.25) is 5.91 Å². The number of hydrogen-bond acceptors (Lipinski definition) is 2. The molecular formula is C17H22ClF3N2O. The number of alkyl halides is 2. The number of amides is 1. The van der Waals surface area contributed by atoms with Gasteiger partial charge in [0.1, 0.15) is 5.82 Å². The van der Waals surface area contributed by atoms with E-state index in [1.165, 1.54) is 12.1 Å². The summed E-state index contributed by atoms with van der Waals surface area (Å²) in [4.78, 5) is 12.2. The first-order chi connectivity index (χ1) is 10.9. The van der Waals surface area contributed by atoms with Gasteiger partial charge in [0.05, 0.1) is 12.6 Å². The Hall–Kier alpha value is -1.27. The SMILES string of the molecule is Cl.O=C(NCC1(c2ccc(F)cc2)CCCC1)C1CC(F)(F)CN1. The van der Waals surface area contributed by atoms with Gasteiger partial charge in [-0.15, -0.1) is 12.4 Å². The van der Waals surface area contributed by atoms with Gasteiger partial charge < -0.3 is 5.32 Å². The second-order valence-corrected chi connectivity index (χ2v) is 6.71. The molecule has 0 spiro atoms. The summed E-state index contributed by atoms with van der Waals surface area (Å²) in [5.74, 6) is -3.48. The van der Waals surface area contributed by atoms with Crippen LogP contribution in [0.3, 0.4) is 0 Å². The molecule has 1 heterocycles. The molecule has 1 atom stereocenters. The van der Waals surface area contributed by atoms with Crippen molar-refractivity contribution in [2.75, 3.05) is 13.1 Å². The summed E-state index contributed by atoms with van der Waals surface area (Å²) >= 11 is 0. The molecule has 2 N–H and O–H groups in total. The molecule has 1 aromatic rings. The van der Waals surface area contributed by atoms with Gasteiger partial charge in [-0.3, -0.25) is 10.1 Å². The molecule has 2 fully saturated rings. The Balaban J connectivity index is 0.00000208. The molecule has 1 aliphatic carbocycles. The predicted molar refractivity (Wildman–Crippen MR) is 88.2 cm³/mol. The first kappa shape index (κ1) is 19.1. The molecule has 7 heteroatoms. The molecule has 1 saturated carbocycles. The Kier molecular flexibility index (Phi) is 5.81. The van der Waals surface area contributed by atoms with E-state index >= 15 is 0 Å². The maximum atomic E-state index is 13.2. The maximum Gasteiger partial charge on any atom is 0.262 e. The van der Waals surface area contributed by atoms with Gasteiger partial charge in [-0.05, 0) is 30.5 Å². The van der Waals surface area contributed by atoms with E-state index in [2.05, 4.69) is 10.6 Å². The highest BCUT2D eigenvalue weighted by Crippen LogP contribution is 2.40. The molecule has 1 unspecified atom stereocenters. The van der Waals surface area contributed by atoms with Crippen LogP contribution in [0.1, 0.15) is 37.7 Å². The molecule has 0 bridgehead atoms. The fraction of sp³-hybridized carbons (Fsp3) is 0.588. The third-order valence-corrected chi connectivity index (χ3v) is 5.04. The first-order valence-electron chi connectivity index (χ1n) is 8.05. The van der Waals surface area contributed by atoms with Crippen molar-refractivity contribution in [2.24, 2.45) is 0 Å². The molecule has 24 heavy (non-hydrogen) atoms. The van der Waals surface area contributed by atoms with Gasteiger partial charge in [0, 0.05) is 18.4 Å². The standard InChI is InChI=1S/C17H21F3N2O.ClH/c18-13-5-3-12(4-6-13)16(7-1-2-8-16)10-22-15(23)14-9-17(19,20)11-21-14;/h3-6,14,21H,1-2,7-11H2,(H,22,23);1H. The van der Waals surface area contributed by atoms with Crippen molar-refractivity contribution < 1.29 is 18.0 Å². The Bertz CT molecular complexity index is 574. The van der Waals surface area contributed by atoms with E-state index in [0.717, 1.165) is 31.2 Å². The van der Waals surface area contributed by atoms with Gasteiger partial charge >= 0.3 is 0 Å². The molecule has 1 amide bonds. The van der Waals surface area contributed by atoms with Crippen LogP contribution in [0.5, 0.6) is 0 Å². The monoisotopic (exact) mass is 362 g/mol. The van der Waals surface area contributed by atoms with Crippen LogP contribution in [0.15, 0.2) is 24.3 Å². The highest BCUT2D eigenvalue weighted by molar-refractivity contribution is 5.85. The molecule has 1 saturated heterocycles. The van der Waals surface area contributed by atoms with E-state index in [1.807, 2.05) is 0 Å². The topological polar surface area (TPSA) is 41.1 Å². The van der Waals surface area contributed by atoms with Gasteiger partial charge in [-0.1, -0.05) is 25.0 Å². The van der Waals surface area contributed by atoms with Gasteiger partial charge in [0.15, 0.2) is 0 Å². The number of carbonyl (C=O) groups excluding carboxylic acids is 1. The van der Waals surface area contributed by atoms with E-state index in [9.17, 15) is 18.0 Å². The molecule has 134 valence electrons. The number of halogens is 4. The minimum absolute atomic E-state index is 0. The largest absolute Gasteiger partial charge is 0.354 e. The van der Waals surface area contributed by atoms with E-state index < -0.39 is 24.9 Å². The lowest BCUT2D eigenvalue weighted by molar-refractivity contribution is -0.123. The lowest BCUT2D eigenvalue weighted by Gasteiger charge is -2.30. The van der Waals surface area contributed by atoms with Crippen LogP contribution in [-0.4, -0.2) is 31.0 Å². The van der Waals surface area contributed by atoms with E-state index in [4.69, 9.17) is 0 Å². The minimum atomic E-state index is -2.82. The number of benzene rings is 1. The minimum Gasteiger partial charge on any atom is -0.354 e. The fourth-order valence-corrected chi connectivity index (χ4v) is 3.70. The van der Waals surface area contributed by atoms with Crippen molar-refractivity contribution >= 4 is 18.3 Å². The van der Waals surface area contributed by atoms with E-state index in [1.54, 1.807) is 12.1 Å². The van der Waals surface area contributed by atoms with Crippen molar-refractivity contribution in [2.45, 2.75) is 49.5 Å². The highest BCUT2D eigenvalue weighted by Gasteiger charge is 2.43. The summed E-state index contributed by atoms with van der Waals surface area (Å²) < 4.78 is 39.5. The highest BCUT2D eigenvalue weighted by atomic mass is 35.5. The molecule has 2 aliphatic rings. The number of hydrogen-bond donors (Lipinski definition) is 2. The van der Waals surface area contributed by atoms with E-state index in [0.29, 0.717) is 6.54 Å². The Morgan fingerprint density at radius 1 is 1.21 bits per heavy atom. The lowest BCUT2D eigenvalue weighted by Crippen LogP contribution is -2.46.